The van der Waals surface area contributed by atoms with Gasteiger partial charge < -0.3 is 15.5 Å². The van der Waals surface area contributed by atoms with E-state index in [0.29, 0.717) is 18.2 Å². The van der Waals surface area contributed by atoms with Gasteiger partial charge in [0.15, 0.2) is 0 Å². The van der Waals surface area contributed by atoms with Crippen molar-refractivity contribution in [2.45, 2.75) is 33.2 Å². The summed E-state index contributed by atoms with van der Waals surface area (Å²) in [5.74, 6) is -0.152. The summed E-state index contributed by atoms with van der Waals surface area (Å²) in [5, 5.41) is 5.99. The molecule has 0 aliphatic carbocycles. The Kier molecular flexibility index (Phi) is 8.87. The van der Waals surface area contributed by atoms with Gasteiger partial charge in [-0.3, -0.25) is 19.4 Å². The molecule has 2 N–H and O–H groups in total. The quantitative estimate of drug-likeness (QED) is 0.570. The molecule has 1 atom stereocenters. The fourth-order valence-corrected chi connectivity index (χ4v) is 3.69. The summed E-state index contributed by atoms with van der Waals surface area (Å²) in [6.45, 7) is 6.67. The third kappa shape index (κ3) is 6.71. The molecule has 1 heterocycles. The van der Waals surface area contributed by atoms with Crippen LogP contribution < -0.4 is 15.5 Å². The van der Waals surface area contributed by atoms with Crippen LogP contribution in [0.1, 0.15) is 38.3 Å². The maximum absolute atomic E-state index is 13.7. The Hall–Kier alpha value is -3.58. The number of allylic oxidation sites excluding steroid dienone is 1. The number of carbonyl (C=O) groups is 3. The first-order chi connectivity index (χ1) is 16.4. The van der Waals surface area contributed by atoms with Gasteiger partial charge in [0.2, 0.25) is 5.91 Å². The predicted molar refractivity (Wildman–Crippen MR) is 135 cm³/mol. The minimum atomic E-state index is -0.678. The highest BCUT2D eigenvalue weighted by Crippen LogP contribution is 2.28. The summed E-state index contributed by atoms with van der Waals surface area (Å²) >= 11 is 0. The predicted octanol–water partition coefficient (Wildman–Crippen LogP) is 3.09. The van der Waals surface area contributed by atoms with Crippen molar-refractivity contribution in [3.8, 4) is 0 Å². The van der Waals surface area contributed by atoms with Gasteiger partial charge in [0, 0.05) is 30.3 Å². The number of para-hydroxylation sites is 1. The molecule has 3 rings (SSSR count). The van der Waals surface area contributed by atoms with Crippen molar-refractivity contribution < 1.29 is 14.4 Å². The Morgan fingerprint density at radius 3 is 2.50 bits per heavy atom. The Labute approximate surface area is 201 Å². The van der Waals surface area contributed by atoms with E-state index in [0.717, 1.165) is 23.4 Å². The number of nitrogens with one attached hydrogen (secondary N) is 2. The number of Topliss-reactive ketones (excluding diaryl/α,β-unsaturated/α-hetero) is 1. The molecule has 178 valence electrons. The van der Waals surface area contributed by atoms with Crippen LogP contribution in [0.5, 0.6) is 0 Å². The van der Waals surface area contributed by atoms with Crippen LogP contribution in [0.4, 0.5) is 5.69 Å². The number of hydrogen-bond donors (Lipinski definition) is 2. The molecule has 2 amide bonds. The van der Waals surface area contributed by atoms with Gasteiger partial charge >= 0.3 is 0 Å². The van der Waals surface area contributed by atoms with E-state index in [1.165, 1.54) is 18.0 Å². The van der Waals surface area contributed by atoms with Crippen molar-refractivity contribution in [3.05, 3.63) is 78.0 Å². The molecular formula is C27H32N4O3. The molecule has 34 heavy (non-hydrogen) atoms. The lowest BCUT2D eigenvalue weighted by Gasteiger charge is -2.24. The average Bonchev–Trinajstić information content (AvgIpc) is 2.93. The number of ketones is 1. The number of fused-ring (bicyclic) bond motifs is 1. The van der Waals surface area contributed by atoms with Crippen LogP contribution in [0.3, 0.4) is 0 Å². The molecule has 2 aromatic rings. The van der Waals surface area contributed by atoms with Crippen molar-refractivity contribution in [1.82, 2.24) is 10.6 Å². The van der Waals surface area contributed by atoms with Gasteiger partial charge in [-0.1, -0.05) is 68.5 Å². The summed E-state index contributed by atoms with van der Waals surface area (Å²) in [5.41, 5.74) is 3.08. The first kappa shape index (κ1) is 25.1. The van der Waals surface area contributed by atoms with Crippen molar-refractivity contribution in [3.63, 3.8) is 0 Å². The monoisotopic (exact) mass is 460 g/mol. The number of nitrogens with zero attached hydrogens (tertiary/aromatic N) is 2. The Balaban J connectivity index is 1.95. The Morgan fingerprint density at radius 1 is 1.09 bits per heavy atom. The molecule has 0 aromatic heterocycles. The van der Waals surface area contributed by atoms with Crippen molar-refractivity contribution in [1.29, 1.82) is 0 Å². The van der Waals surface area contributed by atoms with E-state index in [-0.39, 0.29) is 30.6 Å². The maximum Gasteiger partial charge on any atom is 0.253 e. The number of carbonyl (C=O) groups excluding carboxylic acids is 3. The number of hydrogen-bond acceptors (Lipinski definition) is 5. The van der Waals surface area contributed by atoms with Gasteiger partial charge in [0.1, 0.15) is 18.4 Å². The third-order valence-electron chi connectivity index (χ3n) is 5.29. The van der Waals surface area contributed by atoms with E-state index in [2.05, 4.69) is 24.5 Å². The van der Waals surface area contributed by atoms with Crippen LogP contribution in [0.15, 0.2) is 71.9 Å². The van der Waals surface area contributed by atoms with E-state index in [1.807, 2.05) is 54.6 Å². The van der Waals surface area contributed by atoms with Gasteiger partial charge in [-0.25, -0.2) is 0 Å². The van der Waals surface area contributed by atoms with E-state index >= 15 is 0 Å². The standard InChI is InChI=1S/C27H32N4O3/c1-19(2)16-28-17-23-27(34)31(18-25(33)29-15-9-10-20(3)32)24-14-8-7-13-22(24)26(30-23)21-11-5-4-6-12-21/h4-9,11-15,19,23,28H,10,16-18H2,1-3H3,(H,29,33)/b15-9+/t23-/m1/s1. The van der Waals surface area contributed by atoms with Crippen molar-refractivity contribution in [2.75, 3.05) is 24.5 Å². The number of benzene rings is 2. The number of benzodiazepines with no additional fused rings is 1. The van der Waals surface area contributed by atoms with Gasteiger partial charge in [0.05, 0.1) is 11.4 Å². The SMILES string of the molecule is CC(=O)C/C=C/NC(=O)CN1C(=O)[C@@H](CNCC(C)C)N=C(c2ccccc2)c2ccccc21. The number of aliphatic imine (C=N–C) groups is 1. The molecule has 0 unspecified atom stereocenters. The molecule has 0 radical (unpaired) electrons. The van der Waals surface area contributed by atoms with Crippen molar-refractivity contribution in [2.24, 2.45) is 10.9 Å². The molecule has 1 aliphatic rings. The largest absolute Gasteiger partial charge is 0.331 e. The zero-order chi connectivity index (χ0) is 24.5. The molecule has 0 spiro atoms. The smallest absolute Gasteiger partial charge is 0.253 e. The van der Waals surface area contributed by atoms with Gasteiger partial charge in [-0.15, -0.1) is 0 Å². The molecule has 1 aliphatic heterocycles. The zero-order valence-electron chi connectivity index (χ0n) is 20.0. The summed E-state index contributed by atoms with van der Waals surface area (Å²) in [6.07, 6.45) is 3.28. The summed E-state index contributed by atoms with van der Waals surface area (Å²) in [6, 6.07) is 16.6. The van der Waals surface area contributed by atoms with Gasteiger partial charge in [0.25, 0.3) is 5.91 Å². The van der Waals surface area contributed by atoms with E-state index in [4.69, 9.17) is 4.99 Å². The number of rotatable bonds is 10. The Bertz CT molecular complexity index is 1080. The Morgan fingerprint density at radius 2 is 1.79 bits per heavy atom. The normalized spacial score (nSPS) is 15.8. The first-order valence-corrected chi connectivity index (χ1v) is 11.5. The number of amides is 2. The fraction of sp³-hybridized carbons (Fsp3) is 0.333. The second-order valence-electron chi connectivity index (χ2n) is 8.73. The second-order valence-corrected chi connectivity index (χ2v) is 8.73. The van der Waals surface area contributed by atoms with Crippen LogP contribution in [-0.2, 0) is 14.4 Å². The zero-order valence-corrected chi connectivity index (χ0v) is 20.0. The lowest BCUT2D eigenvalue weighted by Crippen LogP contribution is -2.46. The molecule has 7 heteroatoms. The maximum atomic E-state index is 13.7. The highest BCUT2D eigenvalue weighted by Gasteiger charge is 2.32. The molecule has 0 bridgehead atoms. The summed E-state index contributed by atoms with van der Waals surface area (Å²) < 4.78 is 0. The minimum Gasteiger partial charge on any atom is -0.331 e. The van der Waals surface area contributed by atoms with Crippen LogP contribution in [-0.4, -0.2) is 49.0 Å². The fourth-order valence-electron chi connectivity index (χ4n) is 3.69. The molecule has 7 nitrogen and oxygen atoms in total. The molecule has 0 saturated heterocycles. The van der Waals surface area contributed by atoms with Crippen LogP contribution in [0, 0.1) is 5.92 Å². The average molecular weight is 461 g/mol. The minimum absolute atomic E-state index is 0.00412. The highest BCUT2D eigenvalue weighted by molar-refractivity contribution is 6.20. The topological polar surface area (TPSA) is 90.9 Å². The third-order valence-corrected chi connectivity index (χ3v) is 5.29. The van der Waals surface area contributed by atoms with E-state index in [1.54, 1.807) is 6.08 Å². The highest BCUT2D eigenvalue weighted by atomic mass is 16.2. The van der Waals surface area contributed by atoms with E-state index < -0.39 is 6.04 Å². The van der Waals surface area contributed by atoms with Crippen LogP contribution >= 0.6 is 0 Å². The summed E-state index contributed by atoms with van der Waals surface area (Å²) in [4.78, 5) is 43.8. The molecule has 0 saturated carbocycles. The van der Waals surface area contributed by atoms with Crippen molar-refractivity contribution >= 4 is 29.0 Å². The lowest BCUT2D eigenvalue weighted by atomic mass is 10.0. The van der Waals surface area contributed by atoms with E-state index in [9.17, 15) is 14.4 Å². The van der Waals surface area contributed by atoms with Crippen LogP contribution in [0.2, 0.25) is 0 Å². The molecule has 2 aromatic carbocycles. The first-order valence-electron chi connectivity index (χ1n) is 11.5. The number of anilines is 1. The second kappa shape index (κ2) is 12.0. The van der Waals surface area contributed by atoms with Crippen LogP contribution in [0.25, 0.3) is 0 Å². The van der Waals surface area contributed by atoms with Gasteiger partial charge in [-0.2, -0.15) is 0 Å². The molecular weight excluding hydrogens is 428 g/mol. The molecule has 0 fully saturated rings. The summed E-state index contributed by atoms with van der Waals surface area (Å²) in [7, 11) is 0. The van der Waals surface area contributed by atoms with Gasteiger partial charge in [-0.05, 0) is 25.5 Å². The lowest BCUT2D eigenvalue weighted by molar-refractivity contribution is -0.123.